The van der Waals surface area contributed by atoms with Crippen molar-refractivity contribution in [2.75, 3.05) is 30.0 Å². The molecule has 3 N–H and O–H groups in total. The van der Waals surface area contributed by atoms with E-state index in [1.807, 2.05) is 6.26 Å². The molecule has 0 aliphatic heterocycles. The highest BCUT2D eigenvalue weighted by atomic mass is 32.2. The van der Waals surface area contributed by atoms with Crippen LogP contribution in [0.3, 0.4) is 0 Å². The molecule has 0 saturated heterocycles. The van der Waals surface area contributed by atoms with Crippen LogP contribution < -0.4 is 10.6 Å². The summed E-state index contributed by atoms with van der Waals surface area (Å²) < 4.78 is 0. The number of anilines is 2. The Bertz CT molecular complexity index is 413. The molecule has 5 nitrogen and oxygen atoms in total. The van der Waals surface area contributed by atoms with Gasteiger partial charge in [0.25, 0.3) is 0 Å². The monoisotopic (exact) mass is 312 g/mol. The predicted molar refractivity (Wildman–Crippen MR) is 92.3 cm³/mol. The van der Waals surface area contributed by atoms with E-state index in [-0.39, 0.29) is 17.9 Å². The van der Waals surface area contributed by atoms with Gasteiger partial charge >= 0.3 is 0 Å². The zero-order chi connectivity index (χ0) is 15.7. The highest BCUT2D eigenvalue weighted by molar-refractivity contribution is 7.99. The molecular formula is C15H28N4OS. The summed E-state index contributed by atoms with van der Waals surface area (Å²) in [6.45, 7) is 7.44. The highest BCUT2D eigenvalue weighted by Crippen LogP contribution is 2.24. The van der Waals surface area contributed by atoms with Crippen molar-refractivity contribution < 1.29 is 5.11 Å². The number of hydrogen-bond acceptors (Lipinski definition) is 6. The minimum Gasteiger partial charge on any atom is -0.395 e. The first kappa shape index (κ1) is 18.0. The summed E-state index contributed by atoms with van der Waals surface area (Å²) in [5.74, 6) is 1.80. The van der Waals surface area contributed by atoms with Gasteiger partial charge in [0.2, 0.25) is 0 Å². The lowest BCUT2D eigenvalue weighted by molar-refractivity contribution is 0.288. The summed E-state index contributed by atoms with van der Waals surface area (Å²) in [5.41, 5.74) is 1.14. The Kier molecular flexibility index (Phi) is 8.45. The summed E-state index contributed by atoms with van der Waals surface area (Å²) >= 11 is 1.66. The summed E-state index contributed by atoms with van der Waals surface area (Å²) in [5, 5.41) is 16.4. The van der Waals surface area contributed by atoms with Gasteiger partial charge in [0.05, 0.1) is 6.61 Å². The minimum atomic E-state index is 0.148. The van der Waals surface area contributed by atoms with Crippen LogP contribution in [0.25, 0.3) is 0 Å². The van der Waals surface area contributed by atoms with E-state index in [9.17, 15) is 5.11 Å². The van der Waals surface area contributed by atoms with E-state index in [1.54, 1.807) is 18.1 Å². The molecule has 0 radical (unpaired) electrons. The van der Waals surface area contributed by atoms with Crippen molar-refractivity contribution in [1.82, 2.24) is 9.97 Å². The summed E-state index contributed by atoms with van der Waals surface area (Å²) in [7, 11) is 0. The molecule has 1 aromatic heterocycles. The van der Waals surface area contributed by atoms with Crippen LogP contribution in [0, 0.1) is 0 Å². The largest absolute Gasteiger partial charge is 0.395 e. The van der Waals surface area contributed by atoms with Gasteiger partial charge in [0.1, 0.15) is 18.0 Å². The Morgan fingerprint density at radius 3 is 2.52 bits per heavy atom. The van der Waals surface area contributed by atoms with E-state index in [0.29, 0.717) is 0 Å². The second-order valence-corrected chi connectivity index (χ2v) is 6.19. The molecule has 2 atom stereocenters. The molecule has 0 fully saturated rings. The summed E-state index contributed by atoms with van der Waals surface area (Å²) in [6, 6.07) is 0.148. The van der Waals surface area contributed by atoms with Gasteiger partial charge in [-0.2, -0.15) is 11.8 Å². The number of thioether (sulfide) groups is 1. The molecule has 2 unspecified atom stereocenters. The second-order valence-electron chi connectivity index (χ2n) is 5.12. The number of rotatable bonds is 10. The van der Waals surface area contributed by atoms with Crippen LogP contribution in [-0.2, 0) is 6.42 Å². The standard InChI is InChI=1S/C15H28N4OS/c1-5-7-12-14(16-8-6-2)17-10-18-15(12)19-11(3)13(9-20)21-4/h10-11,13,20H,5-9H2,1-4H3,(H2,16,17,18,19). The third kappa shape index (κ3) is 5.36. The van der Waals surface area contributed by atoms with Crippen LogP contribution >= 0.6 is 11.8 Å². The average Bonchev–Trinajstić information content (AvgIpc) is 2.49. The van der Waals surface area contributed by atoms with Crippen molar-refractivity contribution in [3.05, 3.63) is 11.9 Å². The van der Waals surface area contributed by atoms with E-state index in [4.69, 9.17) is 0 Å². The molecule has 1 rings (SSSR count). The maximum Gasteiger partial charge on any atom is 0.134 e. The van der Waals surface area contributed by atoms with Crippen molar-refractivity contribution in [2.24, 2.45) is 0 Å². The van der Waals surface area contributed by atoms with Crippen LogP contribution in [-0.4, -0.2) is 45.8 Å². The first-order valence-corrected chi connectivity index (χ1v) is 8.94. The first-order chi connectivity index (χ1) is 10.2. The van der Waals surface area contributed by atoms with Gasteiger partial charge in [-0.05, 0) is 26.0 Å². The molecule has 0 amide bonds. The van der Waals surface area contributed by atoms with Gasteiger partial charge < -0.3 is 15.7 Å². The van der Waals surface area contributed by atoms with Gasteiger partial charge in [-0.25, -0.2) is 9.97 Å². The molecule has 120 valence electrons. The lowest BCUT2D eigenvalue weighted by atomic mass is 10.1. The number of aliphatic hydroxyl groups excluding tert-OH is 1. The topological polar surface area (TPSA) is 70.1 Å². The van der Waals surface area contributed by atoms with Crippen molar-refractivity contribution >= 4 is 23.4 Å². The molecule has 6 heteroatoms. The fourth-order valence-corrected chi connectivity index (χ4v) is 2.79. The fourth-order valence-electron chi connectivity index (χ4n) is 2.16. The molecule has 0 aliphatic rings. The Labute approximate surface area is 132 Å². The smallest absolute Gasteiger partial charge is 0.134 e. The Balaban J connectivity index is 2.93. The number of nitrogens with one attached hydrogen (secondary N) is 2. The van der Waals surface area contributed by atoms with Crippen LogP contribution in [0.5, 0.6) is 0 Å². The molecule has 21 heavy (non-hydrogen) atoms. The van der Waals surface area contributed by atoms with Gasteiger partial charge in [-0.1, -0.05) is 20.3 Å². The predicted octanol–water partition coefficient (Wildman–Crippen LogP) is 2.78. The van der Waals surface area contributed by atoms with Gasteiger partial charge in [0.15, 0.2) is 0 Å². The Morgan fingerprint density at radius 1 is 1.24 bits per heavy atom. The maximum absolute atomic E-state index is 9.41. The van der Waals surface area contributed by atoms with Crippen LogP contribution in [0.2, 0.25) is 0 Å². The van der Waals surface area contributed by atoms with E-state index in [1.165, 1.54) is 0 Å². The highest BCUT2D eigenvalue weighted by Gasteiger charge is 2.18. The third-order valence-electron chi connectivity index (χ3n) is 3.39. The number of aromatic nitrogens is 2. The molecule has 0 aliphatic carbocycles. The van der Waals surface area contributed by atoms with Gasteiger partial charge in [0, 0.05) is 23.4 Å². The molecule has 0 spiro atoms. The quantitative estimate of drug-likeness (QED) is 0.617. The van der Waals surface area contributed by atoms with Crippen molar-refractivity contribution in [3.8, 4) is 0 Å². The number of aliphatic hydroxyl groups is 1. The van der Waals surface area contributed by atoms with E-state index >= 15 is 0 Å². The minimum absolute atomic E-state index is 0.148. The molecule has 0 aromatic carbocycles. The lowest BCUT2D eigenvalue weighted by Crippen LogP contribution is -2.32. The lowest BCUT2D eigenvalue weighted by Gasteiger charge is -2.24. The molecule has 1 heterocycles. The molecular weight excluding hydrogens is 284 g/mol. The Hall–Kier alpha value is -1.01. The van der Waals surface area contributed by atoms with E-state index in [0.717, 1.165) is 43.0 Å². The van der Waals surface area contributed by atoms with Gasteiger partial charge in [-0.3, -0.25) is 0 Å². The molecule has 1 aromatic rings. The van der Waals surface area contributed by atoms with E-state index in [2.05, 4.69) is 41.4 Å². The SMILES string of the molecule is CCCNc1ncnc(NC(C)C(CO)SC)c1CCC. The van der Waals surface area contributed by atoms with Crippen molar-refractivity contribution in [2.45, 2.75) is 51.3 Å². The summed E-state index contributed by atoms with van der Waals surface area (Å²) in [4.78, 5) is 8.78. The number of hydrogen-bond donors (Lipinski definition) is 3. The summed E-state index contributed by atoms with van der Waals surface area (Å²) in [6.07, 6.45) is 6.65. The Morgan fingerprint density at radius 2 is 1.95 bits per heavy atom. The van der Waals surface area contributed by atoms with Crippen LogP contribution in [0.15, 0.2) is 6.33 Å². The average molecular weight is 312 g/mol. The van der Waals surface area contributed by atoms with E-state index < -0.39 is 0 Å². The number of nitrogens with zero attached hydrogens (tertiary/aromatic N) is 2. The second kappa shape index (κ2) is 9.84. The molecule has 0 saturated carbocycles. The van der Waals surface area contributed by atoms with Crippen LogP contribution in [0.4, 0.5) is 11.6 Å². The van der Waals surface area contributed by atoms with Crippen molar-refractivity contribution in [1.29, 1.82) is 0 Å². The first-order valence-electron chi connectivity index (χ1n) is 7.65. The maximum atomic E-state index is 9.41. The fraction of sp³-hybridized carbons (Fsp3) is 0.733. The van der Waals surface area contributed by atoms with Crippen LogP contribution in [0.1, 0.15) is 39.2 Å². The zero-order valence-electron chi connectivity index (χ0n) is 13.5. The zero-order valence-corrected chi connectivity index (χ0v) is 14.3. The molecule has 0 bridgehead atoms. The third-order valence-corrected chi connectivity index (χ3v) is 4.56. The van der Waals surface area contributed by atoms with Crippen molar-refractivity contribution in [3.63, 3.8) is 0 Å². The van der Waals surface area contributed by atoms with Gasteiger partial charge in [-0.15, -0.1) is 0 Å². The normalized spacial score (nSPS) is 13.8.